The molecule has 0 aliphatic rings. The van der Waals surface area contributed by atoms with Crippen molar-refractivity contribution in [3.8, 4) is 0 Å². The number of carbonyl (C=O) groups excluding carboxylic acids is 2. The largest absolute Gasteiger partial charge is 0.481 e. The maximum Gasteiger partial charge on any atom is 0.417 e. The van der Waals surface area contributed by atoms with E-state index in [1.807, 2.05) is 0 Å². The third-order valence-electron chi connectivity index (χ3n) is 11.8. The summed E-state index contributed by atoms with van der Waals surface area (Å²) >= 11 is 5.67. The van der Waals surface area contributed by atoms with Crippen LogP contribution in [0.2, 0.25) is 39.3 Å². The van der Waals surface area contributed by atoms with Gasteiger partial charge in [0.05, 0.1) is 33.5 Å². The zero-order chi connectivity index (χ0) is 67.7. The molecule has 0 heterocycles. The molecule has 0 fully saturated rings. The van der Waals surface area contributed by atoms with Crippen molar-refractivity contribution in [1.82, 2.24) is 0 Å². The zero-order valence-corrected chi connectivity index (χ0v) is 53.8. The van der Waals surface area contributed by atoms with Crippen molar-refractivity contribution in [3.63, 3.8) is 0 Å². The number of alkyl halides is 9. The van der Waals surface area contributed by atoms with E-state index in [0.29, 0.717) is 33.4 Å². The minimum Gasteiger partial charge on any atom is -0.481 e. The van der Waals surface area contributed by atoms with Gasteiger partial charge in [0.2, 0.25) is 0 Å². The van der Waals surface area contributed by atoms with Gasteiger partial charge in [-0.05, 0) is 146 Å². The van der Waals surface area contributed by atoms with Crippen LogP contribution in [-0.4, -0.2) is 128 Å². The molecular formula is C55H85ClF12O14SSi2. The van der Waals surface area contributed by atoms with Gasteiger partial charge < -0.3 is 34.3 Å². The molecule has 6 N–H and O–H groups in total. The van der Waals surface area contributed by atoms with E-state index in [1.165, 1.54) is 70.2 Å². The number of aliphatic carboxylic acids is 1. The number of halogens is 13. The number of hydrogen-bond acceptors (Lipinski definition) is 11. The maximum absolute atomic E-state index is 14.2. The van der Waals surface area contributed by atoms with Crippen molar-refractivity contribution in [2.24, 2.45) is 0 Å². The molecule has 0 saturated carbocycles. The minimum atomic E-state index is -5.11. The molecule has 3 atom stereocenters. The number of aliphatic hydroxyl groups is 3. The molecule has 0 aromatic heterocycles. The Labute approximate surface area is 498 Å². The Hall–Kier alpha value is -4.34. The van der Waals surface area contributed by atoms with Crippen LogP contribution in [0.15, 0.2) is 54.6 Å². The normalized spacial score (nSPS) is 14.4. The lowest BCUT2D eigenvalue weighted by Gasteiger charge is -2.44. The first-order chi connectivity index (χ1) is 37.1. The lowest BCUT2D eigenvalue weighted by molar-refractivity contribution is -0.269. The maximum atomic E-state index is 14.2. The average Bonchev–Trinajstić information content (AvgIpc) is 3.26. The van der Waals surface area contributed by atoms with Crippen molar-refractivity contribution in [3.05, 3.63) is 105 Å². The van der Waals surface area contributed by atoms with Crippen LogP contribution < -0.4 is 0 Å². The summed E-state index contributed by atoms with van der Waals surface area (Å²) in [6.07, 6.45) is -20.8. The van der Waals surface area contributed by atoms with Crippen LogP contribution in [0.3, 0.4) is 0 Å². The van der Waals surface area contributed by atoms with Crippen LogP contribution in [-0.2, 0) is 54.9 Å². The highest BCUT2D eigenvalue weighted by atomic mass is 35.6. The van der Waals surface area contributed by atoms with E-state index < -0.39 is 152 Å². The third-order valence-corrected chi connectivity index (χ3v) is 12.8. The van der Waals surface area contributed by atoms with Gasteiger partial charge in [-0.15, -0.1) is 0 Å². The average molecular weight is 1320 g/mol. The van der Waals surface area contributed by atoms with Gasteiger partial charge >= 0.3 is 46.8 Å². The van der Waals surface area contributed by atoms with E-state index in [-0.39, 0.29) is 7.43 Å². The highest BCUT2D eigenvalue weighted by Crippen LogP contribution is 2.49. The lowest BCUT2D eigenvalue weighted by Crippen LogP contribution is -2.57. The zero-order valence-electron chi connectivity index (χ0n) is 50.2. The summed E-state index contributed by atoms with van der Waals surface area (Å²) in [5, 5.41) is 35.6. The third kappa shape index (κ3) is 31.9. The van der Waals surface area contributed by atoms with Crippen molar-refractivity contribution in [2.45, 2.75) is 199 Å². The van der Waals surface area contributed by atoms with Crippen LogP contribution in [0.5, 0.6) is 0 Å². The molecule has 14 nitrogen and oxygen atoms in total. The van der Waals surface area contributed by atoms with E-state index in [1.54, 1.807) is 54.3 Å². The number of carboxylic acid groups (broad SMARTS) is 1. The smallest absolute Gasteiger partial charge is 0.417 e. The van der Waals surface area contributed by atoms with Crippen LogP contribution in [0.25, 0.3) is 0 Å². The second-order valence-electron chi connectivity index (χ2n) is 23.4. The van der Waals surface area contributed by atoms with Gasteiger partial charge in [0, 0.05) is 7.11 Å². The summed E-state index contributed by atoms with van der Waals surface area (Å²) in [5.74, 6) is -5.65. The highest BCUT2D eigenvalue weighted by Gasteiger charge is 2.61. The monoisotopic (exact) mass is 1320 g/mol. The van der Waals surface area contributed by atoms with E-state index >= 15 is 0 Å². The molecule has 0 amide bonds. The summed E-state index contributed by atoms with van der Waals surface area (Å²) < 4.78 is 208. The Morgan fingerprint density at radius 1 is 0.529 bits per heavy atom. The number of aliphatic hydroxyl groups excluding tert-OH is 1. The molecule has 0 unspecified atom stereocenters. The van der Waals surface area contributed by atoms with Gasteiger partial charge in [-0.25, -0.2) is 13.2 Å². The number of ether oxygens (including phenoxy) is 2. The molecule has 3 aromatic rings. The quantitative estimate of drug-likeness (QED) is 0.0243. The van der Waals surface area contributed by atoms with Gasteiger partial charge in [0.15, 0.2) is 25.1 Å². The number of esters is 2. The SMILES string of the molecule is C.CO.COC(=O)C[C@@](CC(C)(C)c1cc(F)ccc1C)(O[Si](C)(C)C)C(F)(F)F.COC(=O)C[C@](O)(CC(C)(C)c1cc(F)ccc1C)C(F)(F)F.C[Si](C)(C)Cl.Cc1ccc(F)cc1C(C)(C)C[C@@](O)(CC(=O)O)C(F)(F)F.O=S(=O)(O)O. The van der Waals surface area contributed by atoms with Gasteiger partial charge in [0.25, 0.3) is 0 Å². The predicted molar refractivity (Wildman–Crippen MR) is 305 cm³/mol. The molecule has 0 aliphatic heterocycles. The molecule has 0 radical (unpaired) electrons. The number of benzene rings is 3. The molecule has 0 spiro atoms. The van der Waals surface area contributed by atoms with Crippen molar-refractivity contribution in [2.75, 3.05) is 21.3 Å². The van der Waals surface area contributed by atoms with E-state index in [4.69, 9.17) is 43.2 Å². The molecule has 0 bridgehead atoms. The number of carboxylic acids is 1. The summed E-state index contributed by atoms with van der Waals surface area (Å²) in [7, 11) is -5.53. The molecule has 3 rings (SSSR count). The standard InChI is InChI=1S/C19H28F4O3Si.C16H20F4O3.C15H18F4O3.C3H9ClSi.CH4O.CH4.H2O4S/c1-13-8-9-14(20)10-15(13)17(2,3)12-18(19(21,22)23,11-16(24)25-4)26-27(5,6)7;1-10-5-6-11(17)7-12(10)14(2,3)9-15(22,16(18,19)20)8-13(21)23-4;1-9-4-5-10(16)6-11(9)13(2,3)8-14(22,7-12(20)21)15(17,18)19;1-5(2,3)4;1-2;;1-5(2,3)4/h8-10H,11-12H2,1-7H3;5-7,22H,8-9H2,1-4H3;4-6,22H,7-8H2,1-3H3,(H,20,21);1-3H3;2H,1H3;1H4;(H2,1,2,3,4)/t18-;15-;14-;;;;/m000..../s1. The van der Waals surface area contributed by atoms with E-state index in [2.05, 4.69) is 29.1 Å². The second kappa shape index (κ2) is 33.3. The Morgan fingerprint density at radius 2 is 0.776 bits per heavy atom. The molecular weight excluding hydrogens is 1240 g/mol. The Kier molecular flexibility index (Phi) is 34.1. The number of methoxy groups -OCH3 is 2. The molecule has 0 aliphatic carbocycles. The minimum absolute atomic E-state index is 0. The van der Waals surface area contributed by atoms with Crippen LogP contribution >= 0.6 is 11.1 Å². The highest BCUT2D eigenvalue weighted by molar-refractivity contribution is 7.79. The fourth-order valence-corrected chi connectivity index (χ4v) is 10.2. The van der Waals surface area contributed by atoms with Crippen molar-refractivity contribution >= 4 is 55.1 Å². The molecule has 0 saturated heterocycles. The first kappa shape index (κ1) is 87.1. The van der Waals surface area contributed by atoms with E-state index in [0.717, 1.165) is 33.5 Å². The first-order valence-electron chi connectivity index (χ1n) is 25.0. The van der Waals surface area contributed by atoms with Gasteiger partial charge in [-0.3, -0.25) is 23.5 Å². The molecule has 85 heavy (non-hydrogen) atoms. The van der Waals surface area contributed by atoms with Gasteiger partial charge in [-0.1, -0.05) is 86.8 Å². The van der Waals surface area contributed by atoms with Crippen molar-refractivity contribution < 1.29 is 119 Å². The first-order valence-corrected chi connectivity index (χ1v) is 34.3. The number of rotatable bonds is 17. The van der Waals surface area contributed by atoms with Gasteiger partial charge in [0.1, 0.15) is 24.8 Å². The van der Waals surface area contributed by atoms with Crippen LogP contribution in [0.4, 0.5) is 52.7 Å². The summed E-state index contributed by atoms with van der Waals surface area (Å²) in [6.45, 7) is 25.1. The van der Waals surface area contributed by atoms with Crippen molar-refractivity contribution in [1.29, 1.82) is 0 Å². The van der Waals surface area contributed by atoms with Crippen LogP contribution in [0, 0.1) is 38.2 Å². The Bertz CT molecular complexity index is 2700. The van der Waals surface area contributed by atoms with Gasteiger partial charge in [-0.2, -0.15) is 59.0 Å². The predicted octanol–water partition coefficient (Wildman–Crippen LogP) is 14.4. The second-order valence-corrected chi connectivity index (χ2v) is 36.3. The Morgan fingerprint density at radius 3 is 1.00 bits per heavy atom. The molecule has 494 valence electrons. The number of hydrogen-bond donors (Lipinski definition) is 6. The molecule has 3 aromatic carbocycles. The summed E-state index contributed by atoms with van der Waals surface area (Å²) in [5.41, 5.74) is -10.1. The van der Waals surface area contributed by atoms with Crippen LogP contribution in [0.1, 0.15) is 121 Å². The van der Waals surface area contributed by atoms with E-state index in [9.17, 15) is 77.3 Å². The topological polar surface area (TPSA) is 234 Å². The lowest BCUT2D eigenvalue weighted by atomic mass is 9.72. The summed E-state index contributed by atoms with van der Waals surface area (Å²) in [4.78, 5) is 33.8. The fourth-order valence-electron chi connectivity index (χ4n) is 8.80. The number of carbonyl (C=O) groups is 3. The summed E-state index contributed by atoms with van der Waals surface area (Å²) in [6, 6.07) is 11.6. The fraction of sp³-hybridized carbons (Fsp3) is 0.618. The molecule has 30 heteroatoms. The number of aryl methyl sites for hydroxylation is 3. The Balaban J connectivity index is -0.000000526.